The number of hydrogen-bond acceptors (Lipinski definition) is 5. The van der Waals surface area contributed by atoms with Crippen molar-refractivity contribution in [3.05, 3.63) is 79.0 Å². The van der Waals surface area contributed by atoms with Gasteiger partial charge in [0.2, 0.25) is 0 Å². The summed E-state index contributed by atoms with van der Waals surface area (Å²) in [6.45, 7) is 0.232. The van der Waals surface area contributed by atoms with Crippen LogP contribution in [-0.4, -0.2) is 18.0 Å². The molecule has 0 unspecified atom stereocenters. The molecule has 0 aliphatic rings. The van der Waals surface area contributed by atoms with E-state index in [0.29, 0.717) is 22.8 Å². The van der Waals surface area contributed by atoms with Crippen molar-refractivity contribution in [3.63, 3.8) is 0 Å². The van der Waals surface area contributed by atoms with E-state index in [1.54, 1.807) is 18.2 Å². The Labute approximate surface area is 192 Å². The van der Waals surface area contributed by atoms with Crippen LogP contribution in [0.4, 0.5) is 0 Å². The van der Waals surface area contributed by atoms with Crippen LogP contribution in [0.2, 0.25) is 0 Å². The summed E-state index contributed by atoms with van der Waals surface area (Å²) in [5, 5.41) is 9.62. The topological polar surface area (TPSA) is 68.9 Å². The third kappa shape index (κ3) is 5.52. The second-order valence-corrected chi connectivity index (χ2v) is 8.50. The Morgan fingerprint density at radius 1 is 1.10 bits per heavy atom. The number of phenols is 1. The molecule has 0 radical (unpaired) electrons. The van der Waals surface area contributed by atoms with Crippen LogP contribution in [0.25, 0.3) is 6.08 Å². The molecule has 1 N–H and O–H groups in total. The van der Waals surface area contributed by atoms with E-state index in [2.05, 4.69) is 47.8 Å². The highest BCUT2D eigenvalue weighted by Crippen LogP contribution is 2.37. The lowest BCUT2D eigenvalue weighted by atomic mass is 10.1. The smallest absolute Gasteiger partial charge is 0.186 e. The summed E-state index contributed by atoms with van der Waals surface area (Å²) in [6.07, 6.45) is 2.98. The van der Waals surface area contributed by atoms with Crippen LogP contribution >= 0.6 is 47.8 Å². The Morgan fingerprint density at radius 3 is 2.52 bits per heavy atom. The number of aromatic hydroxyl groups is 1. The number of rotatable bonds is 7. The van der Waals surface area contributed by atoms with E-state index in [9.17, 15) is 9.90 Å². The van der Waals surface area contributed by atoms with Crippen molar-refractivity contribution >= 4 is 59.6 Å². The lowest BCUT2D eigenvalue weighted by Crippen LogP contribution is -1.96. The molecule has 3 rings (SSSR count). The van der Waals surface area contributed by atoms with Gasteiger partial charge in [0.15, 0.2) is 17.3 Å². The van der Waals surface area contributed by atoms with E-state index in [1.165, 1.54) is 31.4 Å². The zero-order valence-electron chi connectivity index (χ0n) is 15.1. The molecule has 0 atom stereocenters. The fraction of sp³-hybridized carbons (Fsp3) is 0.0952. The first-order chi connectivity index (χ1) is 13.9. The fourth-order valence-corrected chi connectivity index (χ4v) is 4.94. The molecule has 0 saturated carbocycles. The number of ketones is 1. The minimum atomic E-state index is -0.236. The summed E-state index contributed by atoms with van der Waals surface area (Å²) < 4.78 is 19.1. The minimum Gasteiger partial charge on any atom is -0.504 e. The molecule has 8 heteroatoms. The predicted molar refractivity (Wildman–Crippen MR) is 121 cm³/mol. The molecule has 1 aromatic heterocycles. The lowest BCUT2D eigenvalue weighted by molar-refractivity contribution is 0.104. The number of carbonyl (C=O) groups excluding carboxylic acids is 1. The Kier molecular flexibility index (Phi) is 7.21. The van der Waals surface area contributed by atoms with Crippen LogP contribution in [-0.2, 0) is 6.61 Å². The molecule has 0 aliphatic heterocycles. The van der Waals surface area contributed by atoms with Crippen LogP contribution < -0.4 is 9.47 Å². The van der Waals surface area contributed by atoms with Gasteiger partial charge in [-0.3, -0.25) is 4.79 Å². The van der Waals surface area contributed by atoms with Crippen molar-refractivity contribution in [1.29, 1.82) is 0 Å². The quantitative estimate of drug-likeness (QED) is 0.245. The van der Waals surface area contributed by atoms with Crippen LogP contribution in [0.1, 0.15) is 21.9 Å². The van der Waals surface area contributed by atoms with Crippen LogP contribution in [0.15, 0.2) is 66.4 Å². The zero-order chi connectivity index (χ0) is 21.0. The Hall–Kier alpha value is -2.03. The number of allylic oxidation sites excluding steroid dienone is 1. The third-order valence-electron chi connectivity index (χ3n) is 3.87. The Balaban J connectivity index is 1.65. The second kappa shape index (κ2) is 9.65. The first-order valence-electron chi connectivity index (χ1n) is 8.33. The van der Waals surface area contributed by atoms with Crippen molar-refractivity contribution < 1.29 is 23.8 Å². The Morgan fingerprint density at radius 2 is 1.83 bits per heavy atom. The van der Waals surface area contributed by atoms with Crippen molar-refractivity contribution in [2.75, 3.05) is 7.11 Å². The van der Waals surface area contributed by atoms with Gasteiger partial charge in [0.25, 0.3) is 0 Å². The van der Waals surface area contributed by atoms with Crippen molar-refractivity contribution in [2.24, 2.45) is 0 Å². The fourth-order valence-electron chi connectivity index (χ4n) is 2.46. The van der Waals surface area contributed by atoms with Gasteiger partial charge in [-0.1, -0.05) is 15.9 Å². The molecule has 1 heterocycles. The number of halogens is 3. The highest BCUT2D eigenvalue weighted by molar-refractivity contribution is 9.11. The van der Waals surface area contributed by atoms with Crippen LogP contribution in [0.5, 0.6) is 17.2 Å². The molecule has 0 aliphatic carbocycles. The van der Waals surface area contributed by atoms with Gasteiger partial charge in [-0.25, -0.2) is 0 Å². The average molecular weight is 587 g/mol. The van der Waals surface area contributed by atoms with Crippen molar-refractivity contribution in [1.82, 2.24) is 0 Å². The molecule has 3 aromatic rings. The SMILES string of the molecule is COc1cc(C(=O)/C=C/c2ccc(COc3c(Br)cc(Br)cc3Br)o2)ccc1O. The minimum absolute atomic E-state index is 0.0206. The largest absolute Gasteiger partial charge is 0.504 e. The summed E-state index contributed by atoms with van der Waals surface area (Å²) >= 11 is 10.3. The zero-order valence-corrected chi connectivity index (χ0v) is 19.9. The molecule has 29 heavy (non-hydrogen) atoms. The number of ether oxygens (including phenoxy) is 2. The van der Waals surface area contributed by atoms with Gasteiger partial charge in [0.05, 0.1) is 16.1 Å². The molecule has 0 spiro atoms. The normalized spacial score (nSPS) is 11.0. The molecule has 0 fully saturated rings. The number of methoxy groups -OCH3 is 1. The number of phenolic OH excluding ortho intramolecular Hbond substituents is 1. The van der Waals surface area contributed by atoms with Gasteiger partial charge in [-0.15, -0.1) is 0 Å². The molecule has 5 nitrogen and oxygen atoms in total. The van der Waals surface area contributed by atoms with E-state index in [4.69, 9.17) is 13.9 Å². The van der Waals surface area contributed by atoms with Gasteiger partial charge in [-0.05, 0) is 86.5 Å². The van der Waals surface area contributed by atoms with Gasteiger partial charge in [0.1, 0.15) is 23.9 Å². The first-order valence-corrected chi connectivity index (χ1v) is 10.7. The third-order valence-corrected chi connectivity index (χ3v) is 5.50. The van der Waals surface area contributed by atoms with Gasteiger partial charge < -0.3 is 19.0 Å². The van der Waals surface area contributed by atoms with E-state index >= 15 is 0 Å². The maximum atomic E-state index is 12.3. The highest BCUT2D eigenvalue weighted by Gasteiger charge is 2.11. The standard InChI is InChI=1S/C21H15Br3O5/c1-27-20-8-12(2-6-19(20)26)18(25)7-5-14-3-4-15(29-14)11-28-21-16(23)9-13(22)10-17(21)24/h2-10,26H,11H2,1H3/b7-5+. The average Bonchev–Trinajstić information content (AvgIpc) is 3.13. The highest BCUT2D eigenvalue weighted by atomic mass is 79.9. The maximum Gasteiger partial charge on any atom is 0.186 e. The summed E-state index contributed by atoms with van der Waals surface area (Å²) in [5.74, 6) is 1.79. The molecule has 150 valence electrons. The van der Waals surface area contributed by atoms with E-state index in [1.807, 2.05) is 12.1 Å². The van der Waals surface area contributed by atoms with Gasteiger partial charge in [0, 0.05) is 10.0 Å². The number of benzene rings is 2. The first kappa shape index (κ1) is 21.7. The van der Waals surface area contributed by atoms with Crippen molar-refractivity contribution in [3.8, 4) is 17.2 Å². The van der Waals surface area contributed by atoms with E-state index in [0.717, 1.165) is 13.4 Å². The van der Waals surface area contributed by atoms with E-state index in [-0.39, 0.29) is 23.9 Å². The number of hydrogen-bond donors (Lipinski definition) is 1. The molecule has 0 amide bonds. The van der Waals surface area contributed by atoms with Crippen LogP contribution in [0, 0.1) is 0 Å². The second-order valence-electron chi connectivity index (χ2n) is 5.88. The number of furan rings is 1. The molecular weight excluding hydrogens is 572 g/mol. The molecular formula is C21H15Br3O5. The maximum absolute atomic E-state index is 12.3. The van der Waals surface area contributed by atoms with Gasteiger partial charge >= 0.3 is 0 Å². The predicted octanol–water partition coefficient (Wildman–Crippen LogP) is 6.76. The van der Waals surface area contributed by atoms with Crippen LogP contribution in [0.3, 0.4) is 0 Å². The molecule has 0 saturated heterocycles. The van der Waals surface area contributed by atoms with Gasteiger partial charge in [-0.2, -0.15) is 0 Å². The van der Waals surface area contributed by atoms with E-state index < -0.39 is 0 Å². The van der Waals surface area contributed by atoms with Crippen molar-refractivity contribution in [2.45, 2.75) is 6.61 Å². The Bertz CT molecular complexity index is 1050. The monoisotopic (exact) mass is 584 g/mol. The lowest BCUT2D eigenvalue weighted by Gasteiger charge is -2.09. The molecule has 0 bridgehead atoms. The summed E-state index contributed by atoms with van der Waals surface area (Å²) in [6, 6.07) is 11.7. The summed E-state index contributed by atoms with van der Waals surface area (Å²) in [5.41, 5.74) is 0.399. The summed E-state index contributed by atoms with van der Waals surface area (Å²) in [4.78, 5) is 12.3. The number of carbonyl (C=O) groups is 1. The molecule has 2 aromatic carbocycles. The summed E-state index contributed by atoms with van der Waals surface area (Å²) in [7, 11) is 1.43.